The van der Waals surface area contributed by atoms with E-state index in [0.29, 0.717) is 11.6 Å². The van der Waals surface area contributed by atoms with E-state index >= 15 is 0 Å². The monoisotopic (exact) mass is 283 g/mol. The van der Waals surface area contributed by atoms with Crippen LogP contribution in [0, 0.1) is 5.92 Å². The second-order valence-electron chi connectivity index (χ2n) is 5.75. The van der Waals surface area contributed by atoms with Gasteiger partial charge in [-0.25, -0.2) is 0 Å². The summed E-state index contributed by atoms with van der Waals surface area (Å²) in [5.74, 6) is 0.206. The Kier molecular flexibility index (Phi) is 2.90. The molecule has 2 heterocycles. The van der Waals surface area contributed by atoms with Gasteiger partial charge in [0.1, 0.15) is 5.69 Å². The first kappa shape index (κ1) is 12.7. The van der Waals surface area contributed by atoms with Crippen molar-refractivity contribution in [2.75, 3.05) is 6.61 Å². The van der Waals surface area contributed by atoms with E-state index in [1.165, 1.54) is 0 Å². The summed E-state index contributed by atoms with van der Waals surface area (Å²) in [5, 5.41) is 4.86. The summed E-state index contributed by atoms with van der Waals surface area (Å²) in [6, 6.07) is 9.51. The highest BCUT2D eigenvalue weighted by Crippen LogP contribution is 2.37. The van der Waals surface area contributed by atoms with Crippen molar-refractivity contribution in [1.29, 1.82) is 0 Å². The summed E-state index contributed by atoms with van der Waals surface area (Å²) in [6.07, 6.45) is 2.72. The number of amides is 1. The molecular weight excluding hydrogens is 266 g/mol. The summed E-state index contributed by atoms with van der Waals surface area (Å²) in [5.41, 5.74) is 6.58. The van der Waals surface area contributed by atoms with Crippen molar-refractivity contribution < 1.29 is 9.53 Å². The fraction of sp³-hybridized carbons (Fsp3) is 0.375. The molecule has 108 valence electrons. The minimum absolute atomic E-state index is 0.0172. The van der Waals surface area contributed by atoms with Crippen LogP contribution < -0.4 is 11.1 Å². The molecule has 1 saturated heterocycles. The van der Waals surface area contributed by atoms with E-state index in [1.807, 2.05) is 30.3 Å². The summed E-state index contributed by atoms with van der Waals surface area (Å²) in [6.45, 7) is 0.738. The third-order valence-electron chi connectivity index (χ3n) is 4.63. The lowest BCUT2D eigenvalue weighted by molar-refractivity contribution is -0.0161. The van der Waals surface area contributed by atoms with Gasteiger partial charge >= 0.3 is 0 Å². The lowest BCUT2D eigenvalue weighted by atomic mass is 9.72. The molecule has 2 aromatic rings. The molecule has 1 aromatic carbocycles. The Balaban J connectivity index is 1.60. The molecule has 1 amide bonds. The number of benzene rings is 1. The van der Waals surface area contributed by atoms with E-state index in [2.05, 4.69) is 10.3 Å². The highest BCUT2D eigenvalue weighted by Gasteiger charge is 2.52. The first-order valence-corrected chi connectivity index (χ1v) is 7.27. The first-order chi connectivity index (χ1) is 10.3. The number of ether oxygens (including phenoxy) is 1. The minimum Gasteiger partial charge on any atom is -0.376 e. The number of carbonyl (C=O) groups excluding carboxylic acids is 1. The summed E-state index contributed by atoms with van der Waals surface area (Å²) >= 11 is 0. The molecular formula is C16H17N3O2. The van der Waals surface area contributed by atoms with E-state index in [9.17, 15) is 4.79 Å². The zero-order chi connectivity index (χ0) is 14.4. The van der Waals surface area contributed by atoms with Crippen LogP contribution in [0.3, 0.4) is 0 Å². The maximum absolute atomic E-state index is 12.5. The molecule has 5 nitrogen and oxygen atoms in total. The fourth-order valence-electron chi connectivity index (χ4n) is 3.45. The van der Waals surface area contributed by atoms with E-state index in [-0.39, 0.29) is 24.1 Å². The molecule has 0 bridgehead atoms. The molecule has 2 fully saturated rings. The molecule has 5 heteroatoms. The summed E-state index contributed by atoms with van der Waals surface area (Å²) in [4.78, 5) is 16.7. The highest BCUT2D eigenvalue weighted by molar-refractivity contribution is 6.05. The largest absolute Gasteiger partial charge is 0.376 e. The molecule has 0 spiro atoms. The SMILES string of the molecule is NC1C2CCOC2C1NC(=O)c1nccc2ccccc12. The maximum atomic E-state index is 12.5. The van der Waals surface area contributed by atoms with Gasteiger partial charge in [-0.05, 0) is 17.9 Å². The van der Waals surface area contributed by atoms with Crippen molar-refractivity contribution in [1.82, 2.24) is 10.3 Å². The number of fused-ring (bicyclic) bond motifs is 2. The van der Waals surface area contributed by atoms with Gasteiger partial charge in [-0.15, -0.1) is 0 Å². The zero-order valence-electron chi connectivity index (χ0n) is 11.5. The maximum Gasteiger partial charge on any atom is 0.270 e. The van der Waals surface area contributed by atoms with Crippen molar-refractivity contribution in [3.8, 4) is 0 Å². The second kappa shape index (κ2) is 4.79. The Hall–Kier alpha value is -1.98. The number of nitrogens with one attached hydrogen (secondary N) is 1. The molecule has 1 aliphatic carbocycles. The predicted molar refractivity (Wildman–Crippen MR) is 78.8 cm³/mol. The van der Waals surface area contributed by atoms with Crippen molar-refractivity contribution >= 4 is 16.7 Å². The molecule has 1 aliphatic heterocycles. The number of pyridine rings is 1. The highest BCUT2D eigenvalue weighted by atomic mass is 16.5. The van der Waals surface area contributed by atoms with Gasteiger partial charge in [0.05, 0.1) is 12.1 Å². The number of aromatic nitrogens is 1. The van der Waals surface area contributed by atoms with Crippen LogP contribution in [0.25, 0.3) is 10.8 Å². The number of carbonyl (C=O) groups is 1. The Bertz CT molecular complexity index is 697. The van der Waals surface area contributed by atoms with Gasteiger partial charge in [-0.1, -0.05) is 24.3 Å². The van der Waals surface area contributed by atoms with Gasteiger partial charge in [0.25, 0.3) is 5.91 Å². The van der Waals surface area contributed by atoms with Crippen LogP contribution in [-0.4, -0.2) is 35.7 Å². The van der Waals surface area contributed by atoms with Gasteiger partial charge in [-0.3, -0.25) is 9.78 Å². The summed E-state index contributed by atoms with van der Waals surface area (Å²) < 4.78 is 5.64. The molecule has 4 unspecified atom stereocenters. The van der Waals surface area contributed by atoms with Gasteiger partial charge < -0.3 is 15.8 Å². The minimum atomic E-state index is -0.179. The third-order valence-corrected chi connectivity index (χ3v) is 4.63. The fourth-order valence-corrected chi connectivity index (χ4v) is 3.45. The lowest BCUT2D eigenvalue weighted by Crippen LogP contribution is -2.69. The quantitative estimate of drug-likeness (QED) is 0.864. The van der Waals surface area contributed by atoms with Crippen LogP contribution in [0.4, 0.5) is 0 Å². The van der Waals surface area contributed by atoms with E-state index in [0.717, 1.165) is 23.8 Å². The van der Waals surface area contributed by atoms with Crippen LogP contribution >= 0.6 is 0 Å². The first-order valence-electron chi connectivity index (χ1n) is 7.27. The van der Waals surface area contributed by atoms with Gasteiger partial charge in [-0.2, -0.15) is 0 Å². The van der Waals surface area contributed by atoms with E-state index in [4.69, 9.17) is 10.5 Å². The Labute approximate surface area is 122 Å². The average Bonchev–Trinajstić information content (AvgIpc) is 2.96. The van der Waals surface area contributed by atoms with Gasteiger partial charge in [0.15, 0.2) is 0 Å². The Morgan fingerprint density at radius 2 is 2.19 bits per heavy atom. The molecule has 0 radical (unpaired) electrons. The third kappa shape index (κ3) is 1.92. The Morgan fingerprint density at radius 1 is 1.33 bits per heavy atom. The molecule has 2 aliphatic rings. The van der Waals surface area contributed by atoms with Crippen LogP contribution in [0.1, 0.15) is 16.9 Å². The molecule has 4 atom stereocenters. The van der Waals surface area contributed by atoms with Crippen molar-refractivity contribution in [3.05, 3.63) is 42.2 Å². The van der Waals surface area contributed by atoms with Crippen LogP contribution in [0.15, 0.2) is 36.5 Å². The average molecular weight is 283 g/mol. The second-order valence-corrected chi connectivity index (χ2v) is 5.75. The van der Waals surface area contributed by atoms with Crippen LogP contribution in [0.5, 0.6) is 0 Å². The van der Waals surface area contributed by atoms with Crippen LogP contribution in [0.2, 0.25) is 0 Å². The summed E-state index contributed by atoms with van der Waals surface area (Å²) in [7, 11) is 0. The number of hydrogen-bond donors (Lipinski definition) is 2. The normalized spacial score (nSPS) is 30.7. The topological polar surface area (TPSA) is 77.2 Å². The zero-order valence-corrected chi connectivity index (χ0v) is 11.5. The van der Waals surface area contributed by atoms with E-state index in [1.54, 1.807) is 6.20 Å². The number of rotatable bonds is 2. The molecule has 3 N–H and O–H groups in total. The predicted octanol–water partition coefficient (Wildman–Crippen LogP) is 1.08. The molecule has 4 rings (SSSR count). The van der Waals surface area contributed by atoms with Crippen molar-refractivity contribution in [2.24, 2.45) is 11.7 Å². The van der Waals surface area contributed by atoms with Crippen molar-refractivity contribution in [2.45, 2.75) is 24.6 Å². The van der Waals surface area contributed by atoms with Gasteiger partial charge in [0.2, 0.25) is 0 Å². The number of nitrogens with two attached hydrogens (primary N) is 1. The lowest BCUT2D eigenvalue weighted by Gasteiger charge is -2.45. The molecule has 1 aromatic heterocycles. The van der Waals surface area contributed by atoms with Crippen molar-refractivity contribution in [3.63, 3.8) is 0 Å². The number of nitrogens with zero attached hydrogens (tertiary/aromatic N) is 1. The smallest absolute Gasteiger partial charge is 0.270 e. The number of hydrogen-bond acceptors (Lipinski definition) is 4. The Morgan fingerprint density at radius 3 is 3.10 bits per heavy atom. The van der Waals surface area contributed by atoms with E-state index < -0.39 is 0 Å². The molecule has 21 heavy (non-hydrogen) atoms. The van der Waals surface area contributed by atoms with Crippen LogP contribution in [-0.2, 0) is 4.74 Å². The molecule has 1 saturated carbocycles. The standard InChI is InChI=1S/C16H17N3O2/c17-12-11-6-8-21-15(11)14(12)19-16(20)13-10-4-2-1-3-9(10)5-7-18-13/h1-5,7,11-12,14-15H,6,8,17H2,(H,19,20). The van der Waals surface area contributed by atoms with Gasteiger partial charge in [0, 0.05) is 30.1 Å².